The molecule has 0 bridgehead atoms. The van der Waals surface area contributed by atoms with Crippen molar-refractivity contribution in [2.75, 3.05) is 20.6 Å². The lowest BCUT2D eigenvalue weighted by Gasteiger charge is -2.33. The Labute approximate surface area is 127 Å². The predicted molar refractivity (Wildman–Crippen MR) is 82.7 cm³/mol. The van der Waals surface area contributed by atoms with E-state index >= 15 is 0 Å². The summed E-state index contributed by atoms with van der Waals surface area (Å²) in [4.78, 5) is 24.6. The predicted octanol–water partition coefficient (Wildman–Crippen LogP) is 2.26. The van der Waals surface area contributed by atoms with Crippen molar-refractivity contribution in [3.63, 3.8) is 0 Å². The fourth-order valence-corrected chi connectivity index (χ4v) is 2.91. The number of nitrogens with zero attached hydrogens (tertiary/aromatic N) is 4. The summed E-state index contributed by atoms with van der Waals surface area (Å²) in [5.74, 6) is 0.199. The summed E-state index contributed by atoms with van der Waals surface area (Å²) >= 11 is 0. The fraction of sp³-hybridized carbons (Fsp3) is 0.688. The average Bonchev–Trinajstić information content (AvgIpc) is 2.55. The molecule has 0 radical (unpaired) electrons. The molecule has 1 atom stereocenters. The number of likely N-dealkylation sites (N-methyl/N-ethyl adjacent to an activating group) is 2. The molecule has 0 aromatic carbocycles. The van der Waals surface area contributed by atoms with Gasteiger partial charge < -0.3 is 4.90 Å². The van der Waals surface area contributed by atoms with E-state index in [0.717, 1.165) is 18.5 Å². The van der Waals surface area contributed by atoms with Gasteiger partial charge in [-0.2, -0.15) is 0 Å². The summed E-state index contributed by atoms with van der Waals surface area (Å²) in [6, 6.07) is 2.43. The maximum Gasteiger partial charge on any atom is 0.236 e. The topological polar surface area (TPSA) is 49.3 Å². The van der Waals surface area contributed by atoms with Crippen molar-refractivity contribution in [3.05, 3.63) is 24.3 Å². The smallest absolute Gasteiger partial charge is 0.236 e. The van der Waals surface area contributed by atoms with Crippen LogP contribution in [0.5, 0.6) is 0 Å². The van der Waals surface area contributed by atoms with E-state index in [4.69, 9.17) is 0 Å². The van der Waals surface area contributed by atoms with Gasteiger partial charge in [0, 0.05) is 25.3 Å². The van der Waals surface area contributed by atoms with E-state index in [-0.39, 0.29) is 11.9 Å². The molecule has 1 unspecified atom stereocenters. The van der Waals surface area contributed by atoms with Gasteiger partial charge in [-0.05, 0) is 32.9 Å². The number of aromatic nitrogens is 2. The number of amides is 1. The summed E-state index contributed by atoms with van der Waals surface area (Å²) in [5.41, 5.74) is 0.945. The average molecular weight is 290 g/mol. The SMILES string of the molecule is CC(c1ccncn1)N(C)CC(=O)N(C)C1CCCCC1. The number of carbonyl (C=O) groups excluding carboxylic acids is 1. The van der Waals surface area contributed by atoms with Gasteiger partial charge in [-0.1, -0.05) is 19.3 Å². The quantitative estimate of drug-likeness (QED) is 0.834. The Balaban J connectivity index is 1.89. The zero-order chi connectivity index (χ0) is 15.2. The first-order chi connectivity index (χ1) is 10.1. The van der Waals surface area contributed by atoms with Gasteiger partial charge in [0.2, 0.25) is 5.91 Å². The Bertz CT molecular complexity index is 445. The van der Waals surface area contributed by atoms with Gasteiger partial charge in [-0.15, -0.1) is 0 Å². The highest BCUT2D eigenvalue weighted by molar-refractivity contribution is 5.78. The molecule has 0 N–H and O–H groups in total. The minimum absolute atomic E-state index is 0.108. The van der Waals surface area contributed by atoms with Crippen molar-refractivity contribution in [2.45, 2.75) is 51.1 Å². The second-order valence-corrected chi connectivity index (χ2v) is 6.02. The van der Waals surface area contributed by atoms with E-state index in [0.29, 0.717) is 12.6 Å². The van der Waals surface area contributed by atoms with E-state index in [1.54, 1.807) is 12.5 Å². The van der Waals surface area contributed by atoms with Crippen LogP contribution in [0.25, 0.3) is 0 Å². The molecular weight excluding hydrogens is 264 g/mol. The van der Waals surface area contributed by atoms with Gasteiger partial charge in [0.25, 0.3) is 0 Å². The Kier molecular flexibility index (Phi) is 5.67. The standard InChI is InChI=1S/C16H26N4O/c1-13(15-9-10-17-12-18-15)19(2)11-16(21)20(3)14-7-5-4-6-8-14/h9-10,12-14H,4-8,11H2,1-3H3. The van der Waals surface area contributed by atoms with Crippen LogP contribution in [0.1, 0.15) is 50.8 Å². The van der Waals surface area contributed by atoms with Crippen LogP contribution in [0.2, 0.25) is 0 Å². The summed E-state index contributed by atoms with van der Waals surface area (Å²) in [6.45, 7) is 2.49. The van der Waals surface area contributed by atoms with Crippen LogP contribution >= 0.6 is 0 Å². The van der Waals surface area contributed by atoms with E-state index in [1.165, 1.54) is 19.3 Å². The van der Waals surface area contributed by atoms with E-state index < -0.39 is 0 Å². The highest BCUT2D eigenvalue weighted by Gasteiger charge is 2.24. The van der Waals surface area contributed by atoms with Crippen LogP contribution in [0, 0.1) is 0 Å². The minimum Gasteiger partial charge on any atom is -0.342 e. The molecule has 0 saturated heterocycles. The third-order valence-electron chi connectivity index (χ3n) is 4.59. The van der Waals surface area contributed by atoms with Gasteiger partial charge >= 0.3 is 0 Å². The van der Waals surface area contributed by atoms with Crippen LogP contribution in [-0.4, -0.2) is 52.4 Å². The van der Waals surface area contributed by atoms with Gasteiger partial charge in [0.1, 0.15) is 6.33 Å². The van der Waals surface area contributed by atoms with Gasteiger partial charge in [-0.3, -0.25) is 9.69 Å². The molecule has 0 aliphatic heterocycles. The molecule has 1 heterocycles. The maximum absolute atomic E-state index is 12.4. The molecular formula is C16H26N4O. The first kappa shape index (κ1) is 15.9. The molecule has 2 rings (SSSR count). The molecule has 5 heteroatoms. The third-order valence-corrected chi connectivity index (χ3v) is 4.59. The molecule has 1 aliphatic carbocycles. The zero-order valence-corrected chi connectivity index (χ0v) is 13.3. The number of hydrogen-bond acceptors (Lipinski definition) is 4. The van der Waals surface area contributed by atoms with Crippen molar-refractivity contribution in [3.8, 4) is 0 Å². The molecule has 1 aromatic rings. The molecule has 1 aromatic heterocycles. The summed E-state index contributed by atoms with van der Waals surface area (Å²) in [6.07, 6.45) is 9.38. The van der Waals surface area contributed by atoms with Crippen molar-refractivity contribution in [1.29, 1.82) is 0 Å². The van der Waals surface area contributed by atoms with Crippen molar-refractivity contribution < 1.29 is 4.79 Å². The van der Waals surface area contributed by atoms with E-state index in [2.05, 4.69) is 16.9 Å². The van der Waals surface area contributed by atoms with Crippen LogP contribution in [0.4, 0.5) is 0 Å². The van der Waals surface area contributed by atoms with Crippen molar-refractivity contribution in [2.24, 2.45) is 0 Å². The molecule has 21 heavy (non-hydrogen) atoms. The number of carbonyl (C=O) groups is 1. The zero-order valence-electron chi connectivity index (χ0n) is 13.3. The van der Waals surface area contributed by atoms with Gasteiger partial charge in [-0.25, -0.2) is 9.97 Å². The van der Waals surface area contributed by atoms with Gasteiger partial charge in [0.05, 0.1) is 12.2 Å². The lowest BCUT2D eigenvalue weighted by atomic mass is 9.94. The molecule has 5 nitrogen and oxygen atoms in total. The van der Waals surface area contributed by atoms with Crippen LogP contribution in [0.15, 0.2) is 18.6 Å². The Morgan fingerprint density at radius 1 is 1.33 bits per heavy atom. The summed E-state index contributed by atoms with van der Waals surface area (Å²) in [7, 11) is 3.92. The Morgan fingerprint density at radius 3 is 2.67 bits per heavy atom. The van der Waals surface area contributed by atoms with Gasteiger partial charge in [0.15, 0.2) is 0 Å². The van der Waals surface area contributed by atoms with E-state index in [1.807, 2.05) is 30.0 Å². The fourth-order valence-electron chi connectivity index (χ4n) is 2.91. The molecule has 1 amide bonds. The number of hydrogen-bond donors (Lipinski definition) is 0. The van der Waals surface area contributed by atoms with E-state index in [9.17, 15) is 4.79 Å². The first-order valence-corrected chi connectivity index (χ1v) is 7.81. The van der Waals surface area contributed by atoms with Crippen molar-refractivity contribution in [1.82, 2.24) is 19.8 Å². The molecule has 116 valence electrons. The Morgan fingerprint density at radius 2 is 2.05 bits per heavy atom. The van der Waals surface area contributed by atoms with Crippen LogP contribution in [-0.2, 0) is 4.79 Å². The maximum atomic E-state index is 12.4. The molecule has 1 fully saturated rings. The normalized spacial score (nSPS) is 17.7. The molecule has 1 aliphatic rings. The highest BCUT2D eigenvalue weighted by atomic mass is 16.2. The molecule has 1 saturated carbocycles. The second-order valence-electron chi connectivity index (χ2n) is 6.02. The lowest BCUT2D eigenvalue weighted by molar-refractivity contribution is -0.134. The first-order valence-electron chi connectivity index (χ1n) is 7.81. The minimum atomic E-state index is 0.108. The largest absolute Gasteiger partial charge is 0.342 e. The summed E-state index contributed by atoms with van der Waals surface area (Å²) in [5, 5.41) is 0. The van der Waals surface area contributed by atoms with Crippen LogP contribution in [0.3, 0.4) is 0 Å². The third kappa shape index (κ3) is 4.24. The van der Waals surface area contributed by atoms with Crippen LogP contribution < -0.4 is 0 Å². The second kappa shape index (κ2) is 7.50. The monoisotopic (exact) mass is 290 g/mol. The number of rotatable bonds is 5. The lowest BCUT2D eigenvalue weighted by Crippen LogP contribution is -2.43. The Hall–Kier alpha value is -1.49. The highest BCUT2D eigenvalue weighted by Crippen LogP contribution is 2.22. The summed E-state index contributed by atoms with van der Waals surface area (Å²) < 4.78 is 0. The molecule has 0 spiro atoms. The van der Waals surface area contributed by atoms with Crippen molar-refractivity contribution >= 4 is 5.91 Å².